The SMILES string of the molecule is Fc1cc(Br)c2nnn(CCOC3CC3)c2c1. The maximum atomic E-state index is 13.3. The van der Waals surface area contributed by atoms with E-state index >= 15 is 0 Å². The molecule has 90 valence electrons. The van der Waals surface area contributed by atoms with Gasteiger partial charge in [0.05, 0.1) is 29.2 Å². The van der Waals surface area contributed by atoms with Gasteiger partial charge in [0.1, 0.15) is 11.3 Å². The Morgan fingerprint density at radius 3 is 3.06 bits per heavy atom. The summed E-state index contributed by atoms with van der Waals surface area (Å²) < 4.78 is 21.1. The van der Waals surface area contributed by atoms with Crippen molar-refractivity contribution in [3.63, 3.8) is 0 Å². The minimum Gasteiger partial charge on any atom is -0.376 e. The Morgan fingerprint density at radius 1 is 1.47 bits per heavy atom. The van der Waals surface area contributed by atoms with Crippen LogP contribution in [0.2, 0.25) is 0 Å². The fraction of sp³-hybridized carbons (Fsp3) is 0.455. The van der Waals surface area contributed by atoms with Gasteiger partial charge in [0.15, 0.2) is 0 Å². The third-order valence-electron chi connectivity index (χ3n) is 2.72. The Kier molecular flexibility index (Phi) is 2.84. The Balaban J connectivity index is 1.83. The van der Waals surface area contributed by atoms with Gasteiger partial charge in [-0.2, -0.15) is 0 Å². The predicted molar refractivity (Wildman–Crippen MR) is 64.2 cm³/mol. The van der Waals surface area contributed by atoms with Gasteiger partial charge >= 0.3 is 0 Å². The molecule has 1 heterocycles. The first kappa shape index (κ1) is 11.1. The average Bonchev–Trinajstić information content (AvgIpc) is 3.01. The van der Waals surface area contributed by atoms with Crippen molar-refractivity contribution in [2.75, 3.05) is 6.61 Å². The molecule has 0 radical (unpaired) electrons. The van der Waals surface area contributed by atoms with Crippen molar-refractivity contribution < 1.29 is 9.13 Å². The molecule has 1 aromatic carbocycles. The first-order valence-electron chi connectivity index (χ1n) is 5.54. The minimum atomic E-state index is -0.295. The molecular weight excluding hydrogens is 289 g/mol. The van der Waals surface area contributed by atoms with Gasteiger partial charge in [-0.25, -0.2) is 9.07 Å². The van der Waals surface area contributed by atoms with Gasteiger partial charge < -0.3 is 4.74 Å². The molecule has 2 aromatic rings. The number of hydrogen-bond donors (Lipinski definition) is 0. The van der Waals surface area contributed by atoms with E-state index in [0.29, 0.717) is 34.8 Å². The van der Waals surface area contributed by atoms with Crippen LogP contribution in [0.5, 0.6) is 0 Å². The molecule has 1 saturated carbocycles. The van der Waals surface area contributed by atoms with Gasteiger partial charge in [-0.05, 0) is 34.8 Å². The summed E-state index contributed by atoms with van der Waals surface area (Å²) >= 11 is 3.28. The van der Waals surface area contributed by atoms with E-state index in [9.17, 15) is 4.39 Å². The van der Waals surface area contributed by atoms with Crippen LogP contribution in [0.3, 0.4) is 0 Å². The van der Waals surface area contributed by atoms with Crippen molar-refractivity contribution in [2.45, 2.75) is 25.5 Å². The molecule has 0 N–H and O–H groups in total. The summed E-state index contributed by atoms with van der Waals surface area (Å²) in [6, 6.07) is 2.83. The van der Waals surface area contributed by atoms with E-state index in [-0.39, 0.29) is 5.82 Å². The maximum absolute atomic E-state index is 13.3. The van der Waals surface area contributed by atoms with Crippen LogP contribution in [-0.4, -0.2) is 27.7 Å². The predicted octanol–water partition coefficient (Wildman–Crippen LogP) is 2.51. The van der Waals surface area contributed by atoms with Crippen LogP contribution < -0.4 is 0 Å². The highest BCUT2D eigenvalue weighted by Gasteiger charge is 2.21. The molecule has 0 unspecified atom stereocenters. The second-order valence-electron chi connectivity index (χ2n) is 4.14. The summed E-state index contributed by atoms with van der Waals surface area (Å²) in [4.78, 5) is 0. The lowest BCUT2D eigenvalue weighted by Gasteiger charge is -2.03. The summed E-state index contributed by atoms with van der Waals surface area (Å²) in [7, 11) is 0. The number of rotatable bonds is 4. The van der Waals surface area contributed by atoms with E-state index < -0.39 is 0 Å². The minimum absolute atomic E-state index is 0.295. The first-order valence-corrected chi connectivity index (χ1v) is 6.33. The molecule has 1 aromatic heterocycles. The molecule has 0 bridgehead atoms. The maximum Gasteiger partial charge on any atom is 0.127 e. The number of aromatic nitrogens is 3. The quantitative estimate of drug-likeness (QED) is 0.871. The van der Waals surface area contributed by atoms with Crippen LogP contribution in [0.25, 0.3) is 11.0 Å². The van der Waals surface area contributed by atoms with Crippen molar-refractivity contribution in [3.8, 4) is 0 Å². The highest BCUT2D eigenvalue weighted by atomic mass is 79.9. The lowest BCUT2D eigenvalue weighted by Crippen LogP contribution is -2.08. The Bertz CT molecular complexity index is 553. The number of ether oxygens (including phenoxy) is 1. The lowest BCUT2D eigenvalue weighted by molar-refractivity contribution is 0.110. The van der Waals surface area contributed by atoms with Crippen molar-refractivity contribution in [1.29, 1.82) is 0 Å². The molecule has 0 spiro atoms. The normalized spacial score (nSPS) is 15.6. The van der Waals surface area contributed by atoms with Crippen LogP contribution >= 0.6 is 15.9 Å². The molecule has 6 heteroatoms. The molecule has 0 aliphatic heterocycles. The Morgan fingerprint density at radius 2 is 2.29 bits per heavy atom. The monoisotopic (exact) mass is 299 g/mol. The van der Waals surface area contributed by atoms with Gasteiger partial charge in [0, 0.05) is 6.07 Å². The smallest absolute Gasteiger partial charge is 0.127 e. The Labute approximate surface area is 106 Å². The van der Waals surface area contributed by atoms with Crippen LogP contribution in [0, 0.1) is 5.82 Å². The fourth-order valence-electron chi connectivity index (χ4n) is 1.70. The van der Waals surface area contributed by atoms with Gasteiger partial charge in [-0.1, -0.05) is 5.21 Å². The molecule has 0 amide bonds. The zero-order valence-electron chi connectivity index (χ0n) is 9.07. The van der Waals surface area contributed by atoms with E-state index in [4.69, 9.17) is 4.74 Å². The number of halogens is 2. The number of nitrogens with zero attached hydrogens (tertiary/aromatic N) is 3. The van der Waals surface area contributed by atoms with Crippen molar-refractivity contribution in [2.24, 2.45) is 0 Å². The molecule has 0 saturated heterocycles. The highest BCUT2D eigenvalue weighted by molar-refractivity contribution is 9.10. The fourth-order valence-corrected chi connectivity index (χ4v) is 2.20. The average molecular weight is 300 g/mol. The second kappa shape index (κ2) is 4.34. The van der Waals surface area contributed by atoms with Crippen LogP contribution in [-0.2, 0) is 11.3 Å². The van der Waals surface area contributed by atoms with Crippen molar-refractivity contribution >= 4 is 27.0 Å². The van der Waals surface area contributed by atoms with Gasteiger partial charge in [-0.3, -0.25) is 0 Å². The molecule has 1 aliphatic rings. The number of benzene rings is 1. The summed E-state index contributed by atoms with van der Waals surface area (Å²) in [5.41, 5.74) is 1.37. The van der Waals surface area contributed by atoms with E-state index in [1.54, 1.807) is 4.68 Å². The molecule has 1 fully saturated rings. The summed E-state index contributed by atoms with van der Waals surface area (Å²) in [6.07, 6.45) is 2.73. The standard InChI is InChI=1S/C11H11BrFN3O/c12-9-5-7(13)6-10-11(9)14-15-16(10)3-4-17-8-1-2-8/h5-6,8H,1-4H2. The summed E-state index contributed by atoms with van der Waals surface area (Å²) in [6.45, 7) is 1.19. The first-order chi connectivity index (χ1) is 8.24. The summed E-state index contributed by atoms with van der Waals surface area (Å²) in [5, 5.41) is 8.02. The van der Waals surface area contributed by atoms with Crippen molar-refractivity contribution in [3.05, 3.63) is 22.4 Å². The number of fused-ring (bicyclic) bond motifs is 1. The zero-order chi connectivity index (χ0) is 11.8. The largest absolute Gasteiger partial charge is 0.376 e. The Hall–Kier alpha value is -1.01. The van der Waals surface area contributed by atoms with Gasteiger partial charge in [-0.15, -0.1) is 5.10 Å². The summed E-state index contributed by atoms with van der Waals surface area (Å²) in [5.74, 6) is -0.295. The number of hydrogen-bond acceptors (Lipinski definition) is 3. The molecule has 0 atom stereocenters. The van der Waals surface area contributed by atoms with Crippen molar-refractivity contribution in [1.82, 2.24) is 15.0 Å². The second-order valence-corrected chi connectivity index (χ2v) is 4.99. The molecule has 1 aliphatic carbocycles. The van der Waals surface area contributed by atoms with E-state index in [2.05, 4.69) is 26.2 Å². The van der Waals surface area contributed by atoms with Crippen LogP contribution in [0.4, 0.5) is 4.39 Å². The lowest BCUT2D eigenvalue weighted by atomic mass is 10.3. The topological polar surface area (TPSA) is 39.9 Å². The molecule has 17 heavy (non-hydrogen) atoms. The van der Waals surface area contributed by atoms with E-state index in [0.717, 1.165) is 12.8 Å². The third kappa shape index (κ3) is 2.32. The zero-order valence-corrected chi connectivity index (χ0v) is 10.7. The van der Waals surface area contributed by atoms with E-state index in [1.807, 2.05) is 0 Å². The molecule has 4 nitrogen and oxygen atoms in total. The third-order valence-corrected chi connectivity index (χ3v) is 3.32. The van der Waals surface area contributed by atoms with Gasteiger partial charge in [0.25, 0.3) is 0 Å². The highest BCUT2D eigenvalue weighted by Crippen LogP contribution is 2.24. The van der Waals surface area contributed by atoms with Gasteiger partial charge in [0.2, 0.25) is 0 Å². The van der Waals surface area contributed by atoms with E-state index in [1.165, 1.54) is 12.1 Å². The van der Waals surface area contributed by atoms with Crippen LogP contribution in [0.1, 0.15) is 12.8 Å². The molecular formula is C11H11BrFN3O. The van der Waals surface area contributed by atoms with Crippen LogP contribution in [0.15, 0.2) is 16.6 Å². The molecule has 3 rings (SSSR count).